The zero-order valence-corrected chi connectivity index (χ0v) is 15.5. The summed E-state index contributed by atoms with van der Waals surface area (Å²) in [6, 6.07) is 13.2. The highest BCUT2D eigenvalue weighted by Crippen LogP contribution is 2.16. The molecule has 2 aromatic carbocycles. The Morgan fingerprint density at radius 2 is 1.92 bits per heavy atom. The number of hydrogen-bond donors (Lipinski definition) is 2. The fourth-order valence-electron chi connectivity index (χ4n) is 2.03. The van der Waals surface area contributed by atoms with Crippen molar-refractivity contribution in [3.8, 4) is 0 Å². The molecule has 9 heteroatoms. The van der Waals surface area contributed by atoms with Crippen LogP contribution in [0.25, 0.3) is 0 Å². The van der Waals surface area contributed by atoms with Crippen molar-refractivity contribution in [3.63, 3.8) is 0 Å². The highest BCUT2D eigenvalue weighted by atomic mass is 35.5. The van der Waals surface area contributed by atoms with Gasteiger partial charge >= 0.3 is 0 Å². The molecule has 7 nitrogen and oxygen atoms in total. The van der Waals surface area contributed by atoms with Gasteiger partial charge in [0.2, 0.25) is 10.0 Å². The standard InChI is InChI=1S/C17H18ClN3O4S/c1-12(20-21-15-6-3-5-14(18)11-15)13-4-2-7-16(10-13)26(24,25)19-9-8-17(22)23/h2-7,10-11,19,21H,8-9H2,1H3,(H,22,23)/p-1/b20-12-. The maximum atomic E-state index is 12.2. The molecule has 0 bridgehead atoms. The summed E-state index contributed by atoms with van der Waals surface area (Å²) in [7, 11) is -3.82. The number of nitrogens with zero attached hydrogens (tertiary/aromatic N) is 1. The zero-order chi connectivity index (χ0) is 19.2. The Morgan fingerprint density at radius 1 is 1.19 bits per heavy atom. The van der Waals surface area contributed by atoms with E-state index < -0.39 is 22.4 Å². The van der Waals surface area contributed by atoms with Crippen LogP contribution in [0, 0.1) is 0 Å². The van der Waals surface area contributed by atoms with Crippen LogP contribution in [0.5, 0.6) is 0 Å². The second kappa shape index (κ2) is 8.79. The van der Waals surface area contributed by atoms with Gasteiger partial charge in [0.1, 0.15) is 0 Å². The second-order valence-corrected chi connectivity index (χ2v) is 7.57. The molecule has 0 aliphatic rings. The molecule has 0 radical (unpaired) electrons. The predicted molar refractivity (Wildman–Crippen MR) is 98.5 cm³/mol. The fraction of sp³-hybridized carbons (Fsp3) is 0.176. The Labute approximate surface area is 156 Å². The normalized spacial score (nSPS) is 12.0. The topological polar surface area (TPSA) is 111 Å². The number of carboxylic acid groups (broad SMARTS) is 1. The van der Waals surface area contributed by atoms with E-state index in [1.54, 1.807) is 43.3 Å². The van der Waals surface area contributed by atoms with E-state index in [-0.39, 0.29) is 11.4 Å². The van der Waals surface area contributed by atoms with Gasteiger partial charge in [0, 0.05) is 24.0 Å². The van der Waals surface area contributed by atoms with Crippen LogP contribution < -0.4 is 15.3 Å². The summed E-state index contributed by atoms with van der Waals surface area (Å²) in [6.07, 6.45) is -0.400. The van der Waals surface area contributed by atoms with E-state index in [9.17, 15) is 18.3 Å². The second-order valence-electron chi connectivity index (χ2n) is 5.37. The molecule has 0 unspecified atom stereocenters. The Kier molecular flexibility index (Phi) is 6.73. The van der Waals surface area contributed by atoms with Gasteiger partial charge in [0.05, 0.1) is 16.3 Å². The number of carbonyl (C=O) groups excluding carboxylic acids is 1. The van der Waals surface area contributed by atoms with Crippen molar-refractivity contribution in [2.75, 3.05) is 12.0 Å². The van der Waals surface area contributed by atoms with E-state index in [1.165, 1.54) is 12.1 Å². The van der Waals surface area contributed by atoms with E-state index in [4.69, 9.17) is 11.6 Å². The number of carboxylic acids is 1. The minimum Gasteiger partial charge on any atom is -0.550 e. The molecule has 0 fully saturated rings. The van der Waals surface area contributed by atoms with Gasteiger partial charge in [-0.2, -0.15) is 5.10 Å². The summed E-state index contributed by atoms with van der Waals surface area (Å²) in [5.74, 6) is -1.32. The van der Waals surface area contributed by atoms with Crippen molar-refractivity contribution >= 4 is 39.0 Å². The number of rotatable bonds is 8. The molecule has 0 aromatic heterocycles. The lowest BCUT2D eigenvalue weighted by Crippen LogP contribution is -2.31. The van der Waals surface area contributed by atoms with Crippen molar-refractivity contribution in [2.24, 2.45) is 5.10 Å². The third kappa shape index (κ3) is 5.83. The van der Waals surface area contributed by atoms with Gasteiger partial charge in [-0.15, -0.1) is 0 Å². The molecular weight excluding hydrogens is 378 g/mol. The van der Waals surface area contributed by atoms with Crippen molar-refractivity contribution in [1.82, 2.24) is 4.72 Å². The zero-order valence-electron chi connectivity index (χ0n) is 13.9. The Hall–Kier alpha value is -2.42. The maximum absolute atomic E-state index is 12.2. The monoisotopic (exact) mass is 394 g/mol. The summed E-state index contributed by atoms with van der Waals surface area (Å²) < 4.78 is 26.6. The van der Waals surface area contributed by atoms with Crippen LogP contribution in [-0.2, 0) is 14.8 Å². The number of hydrazone groups is 1. The molecule has 0 aliphatic heterocycles. The van der Waals surface area contributed by atoms with Crippen LogP contribution >= 0.6 is 11.6 Å². The molecular formula is C17H17ClN3O4S-. The van der Waals surface area contributed by atoms with Gasteiger partial charge in [-0.25, -0.2) is 13.1 Å². The van der Waals surface area contributed by atoms with Crippen molar-refractivity contribution < 1.29 is 18.3 Å². The number of carbonyl (C=O) groups is 1. The smallest absolute Gasteiger partial charge is 0.240 e. The fourth-order valence-corrected chi connectivity index (χ4v) is 3.30. The van der Waals surface area contributed by atoms with Crippen molar-refractivity contribution in [2.45, 2.75) is 18.2 Å². The van der Waals surface area contributed by atoms with Crippen LogP contribution in [0.2, 0.25) is 5.02 Å². The third-order valence-corrected chi connectivity index (χ3v) is 5.05. The molecule has 2 rings (SSSR count). The van der Waals surface area contributed by atoms with E-state index in [2.05, 4.69) is 15.2 Å². The van der Waals surface area contributed by atoms with E-state index in [1.807, 2.05) is 0 Å². The SMILES string of the molecule is C/C(=N/Nc1cccc(Cl)c1)c1cccc(S(=O)(=O)NCCC(=O)[O-])c1. The van der Waals surface area contributed by atoms with Crippen LogP contribution in [0.4, 0.5) is 5.69 Å². The quantitative estimate of drug-likeness (QED) is 0.521. The summed E-state index contributed by atoms with van der Waals surface area (Å²) >= 11 is 5.91. The van der Waals surface area contributed by atoms with Crippen LogP contribution in [-0.4, -0.2) is 26.6 Å². The molecule has 0 saturated heterocycles. The average molecular weight is 395 g/mol. The summed E-state index contributed by atoms with van der Waals surface area (Å²) in [4.78, 5) is 10.4. The molecule has 2 aromatic rings. The first-order valence-corrected chi connectivity index (χ1v) is 9.50. The van der Waals surface area contributed by atoms with E-state index >= 15 is 0 Å². The lowest BCUT2D eigenvalue weighted by molar-refractivity contribution is -0.305. The minimum absolute atomic E-state index is 0.0191. The van der Waals surface area contributed by atoms with E-state index in [0.717, 1.165) is 0 Å². The minimum atomic E-state index is -3.82. The Bertz CT molecular complexity index is 929. The molecule has 26 heavy (non-hydrogen) atoms. The molecule has 138 valence electrons. The molecule has 0 atom stereocenters. The van der Waals surface area contributed by atoms with Gasteiger partial charge in [-0.1, -0.05) is 29.8 Å². The third-order valence-electron chi connectivity index (χ3n) is 3.36. The first-order chi connectivity index (χ1) is 12.3. The number of halogens is 1. The number of aliphatic carboxylic acids is 1. The summed E-state index contributed by atoms with van der Waals surface area (Å²) in [5, 5.41) is 15.2. The molecule has 0 amide bonds. The maximum Gasteiger partial charge on any atom is 0.240 e. The number of hydrogen-bond acceptors (Lipinski definition) is 6. The average Bonchev–Trinajstić information content (AvgIpc) is 2.59. The summed E-state index contributed by atoms with van der Waals surface area (Å²) in [6.45, 7) is 1.49. The highest BCUT2D eigenvalue weighted by molar-refractivity contribution is 7.89. The van der Waals surface area contributed by atoms with Gasteiger partial charge < -0.3 is 9.90 Å². The first kappa shape index (κ1) is 19.9. The lowest BCUT2D eigenvalue weighted by Gasteiger charge is -2.09. The van der Waals surface area contributed by atoms with Gasteiger partial charge in [-0.05, 0) is 42.8 Å². The lowest BCUT2D eigenvalue weighted by atomic mass is 10.1. The number of sulfonamides is 1. The molecule has 0 aliphatic carbocycles. The van der Waals surface area contributed by atoms with Gasteiger partial charge in [0.25, 0.3) is 0 Å². The Balaban J connectivity index is 2.14. The van der Waals surface area contributed by atoms with Crippen molar-refractivity contribution in [1.29, 1.82) is 0 Å². The predicted octanol–water partition coefficient (Wildman–Crippen LogP) is 1.59. The number of benzene rings is 2. The van der Waals surface area contributed by atoms with Crippen molar-refractivity contribution in [3.05, 3.63) is 59.1 Å². The molecule has 0 spiro atoms. The van der Waals surface area contributed by atoms with Crippen LogP contribution in [0.3, 0.4) is 0 Å². The largest absolute Gasteiger partial charge is 0.550 e. The molecule has 0 heterocycles. The first-order valence-electron chi connectivity index (χ1n) is 7.64. The van der Waals surface area contributed by atoms with Gasteiger partial charge in [-0.3, -0.25) is 5.43 Å². The highest BCUT2D eigenvalue weighted by Gasteiger charge is 2.14. The molecule has 2 N–H and O–H groups in total. The van der Waals surface area contributed by atoms with Crippen LogP contribution in [0.1, 0.15) is 18.9 Å². The number of nitrogens with one attached hydrogen (secondary N) is 2. The molecule has 0 saturated carbocycles. The number of anilines is 1. The summed E-state index contributed by atoms with van der Waals surface area (Å²) in [5.41, 5.74) is 4.72. The van der Waals surface area contributed by atoms with Crippen LogP contribution in [0.15, 0.2) is 58.5 Å². The van der Waals surface area contributed by atoms with E-state index in [0.29, 0.717) is 22.0 Å². The Morgan fingerprint density at radius 3 is 2.62 bits per heavy atom. The van der Waals surface area contributed by atoms with Gasteiger partial charge in [0.15, 0.2) is 0 Å².